The Balaban J connectivity index is 4.24. The van der Waals surface area contributed by atoms with Gasteiger partial charge in [0.1, 0.15) is 13.2 Å². The lowest BCUT2D eigenvalue weighted by molar-refractivity contribution is -0.167. The number of allylic oxidation sites excluding steroid dienone is 2. The van der Waals surface area contributed by atoms with Crippen LogP contribution in [0, 0.1) is 0 Å². The van der Waals surface area contributed by atoms with Gasteiger partial charge >= 0.3 is 17.9 Å². The topological polar surface area (TPSA) is 78.9 Å². The van der Waals surface area contributed by atoms with Crippen LogP contribution in [0.5, 0.6) is 0 Å². The van der Waals surface area contributed by atoms with Crippen LogP contribution in [0.15, 0.2) is 12.2 Å². The molecule has 0 aliphatic heterocycles. The Labute approximate surface area is 367 Å². The van der Waals surface area contributed by atoms with Crippen molar-refractivity contribution in [2.24, 2.45) is 0 Å². The Bertz CT molecular complexity index is 916. The molecule has 0 radical (unpaired) electrons. The summed E-state index contributed by atoms with van der Waals surface area (Å²) in [6, 6.07) is 0. The molecule has 0 N–H and O–H groups in total. The van der Waals surface area contributed by atoms with Gasteiger partial charge in [-0.15, -0.1) is 0 Å². The zero-order valence-corrected chi connectivity index (χ0v) is 39.8. The number of esters is 3. The third-order valence-electron chi connectivity index (χ3n) is 11.8. The molecule has 0 bridgehead atoms. The van der Waals surface area contributed by atoms with Crippen molar-refractivity contribution < 1.29 is 28.6 Å². The van der Waals surface area contributed by atoms with Crippen molar-refractivity contribution in [3.63, 3.8) is 0 Å². The Morgan fingerprint density at radius 3 is 0.847 bits per heavy atom. The largest absolute Gasteiger partial charge is 0.462 e. The number of rotatable bonds is 48. The fraction of sp³-hybridized carbons (Fsp3) is 0.906. The Hall–Kier alpha value is -1.85. The van der Waals surface area contributed by atoms with Gasteiger partial charge < -0.3 is 14.2 Å². The first-order valence-electron chi connectivity index (χ1n) is 26.2. The molecule has 0 heterocycles. The van der Waals surface area contributed by atoms with Gasteiger partial charge in [0.2, 0.25) is 0 Å². The minimum Gasteiger partial charge on any atom is -0.462 e. The number of carbonyl (C=O) groups is 3. The van der Waals surface area contributed by atoms with Crippen LogP contribution in [0.3, 0.4) is 0 Å². The molecule has 0 aromatic heterocycles. The molecule has 1 unspecified atom stereocenters. The lowest BCUT2D eigenvalue weighted by Crippen LogP contribution is -2.30. The van der Waals surface area contributed by atoms with Gasteiger partial charge in [-0.3, -0.25) is 14.4 Å². The maximum absolute atomic E-state index is 12.8. The van der Waals surface area contributed by atoms with Crippen molar-refractivity contribution in [1.29, 1.82) is 0 Å². The molecule has 0 aliphatic rings. The summed E-state index contributed by atoms with van der Waals surface area (Å²) in [5.74, 6) is -0.859. The van der Waals surface area contributed by atoms with Gasteiger partial charge in [-0.25, -0.2) is 0 Å². The van der Waals surface area contributed by atoms with Gasteiger partial charge in [-0.2, -0.15) is 0 Å². The monoisotopic (exact) mass is 833 g/mol. The third-order valence-corrected chi connectivity index (χ3v) is 11.8. The zero-order chi connectivity index (χ0) is 43.0. The van der Waals surface area contributed by atoms with Crippen LogP contribution < -0.4 is 0 Å². The number of unbranched alkanes of at least 4 members (excludes halogenated alkanes) is 35. The molecule has 6 heteroatoms. The smallest absolute Gasteiger partial charge is 0.306 e. The quantitative estimate of drug-likeness (QED) is 0.0263. The fourth-order valence-corrected chi connectivity index (χ4v) is 7.79. The third kappa shape index (κ3) is 47.1. The van der Waals surface area contributed by atoms with Crippen molar-refractivity contribution in [2.75, 3.05) is 13.2 Å². The Morgan fingerprint density at radius 2 is 0.559 bits per heavy atom. The first-order valence-corrected chi connectivity index (χ1v) is 26.2. The van der Waals surface area contributed by atoms with Crippen molar-refractivity contribution in [2.45, 2.75) is 297 Å². The normalized spacial score (nSPS) is 12.0. The van der Waals surface area contributed by atoms with Crippen LogP contribution in [0.1, 0.15) is 290 Å². The second-order valence-corrected chi connectivity index (χ2v) is 17.8. The van der Waals surface area contributed by atoms with Gasteiger partial charge in [0.15, 0.2) is 6.10 Å². The fourth-order valence-electron chi connectivity index (χ4n) is 7.79. The van der Waals surface area contributed by atoms with Crippen molar-refractivity contribution in [1.82, 2.24) is 0 Å². The van der Waals surface area contributed by atoms with E-state index in [1.54, 1.807) is 0 Å². The summed E-state index contributed by atoms with van der Waals surface area (Å²) in [7, 11) is 0. The molecule has 0 rings (SSSR count). The van der Waals surface area contributed by atoms with Crippen molar-refractivity contribution >= 4 is 17.9 Å². The lowest BCUT2D eigenvalue weighted by atomic mass is 10.0. The zero-order valence-electron chi connectivity index (χ0n) is 39.8. The van der Waals surface area contributed by atoms with E-state index >= 15 is 0 Å². The SMILES string of the molecule is CCCCCCCC/C=C\CCCCCCCCCC(=O)OCC(COC(=O)CCCCCCCCCC)OC(=O)CCCCCCCCCCCCCCCCCC. The predicted octanol–water partition coefficient (Wildman–Crippen LogP) is 17.0. The highest BCUT2D eigenvalue weighted by Crippen LogP contribution is 2.16. The van der Waals surface area contributed by atoms with E-state index in [4.69, 9.17) is 14.2 Å². The molecule has 0 aromatic rings. The summed E-state index contributed by atoms with van der Waals surface area (Å²) in [4.78, 5) is 37.8. The average Bonchev–Trinajstić information content (AvgIpc) is 3.23. The van der Waals surface area contributed by atoms with E-state index in [0.29, 0.717) is 19.3 Å². The minimum atomic E-state index is -0.764. The van der Waals surface area contributed by atoms with E-state index in [9.17, 15) is 14.4 Å². The van der Waals surface area contributed by atoms with Crippen LogP contribution in [0.4, 0.5) is 0 Å². The van der Waals surface area contributed by atoms with E-state index in [1.807, 2.05) is 0 Å². The summed E-state index contributed by atoms with van der Waals surface area (Å²) < 4.78 is 16.8. The molecule has 0 fully saturated rings. The maximum atomic E-state index is 12.8. The van der Waals surface area contributed by atoms with E-state index in [-0.39, 0.29) is 31.1 Å². The van der Waals surface area contributed by atoms with Crippen LogP contribution >= 0.6 is 0 Å². The summed E-state index contributed by atoms with van der Waals surface area (Å²) in [6.07, 6.45) is 53.4. The van der Waals surface area contributed by atoms with E-state index in [0.717, 1.165) is 57.8 Å². The second-order valence-electron chi connectivity index (χ2n) is 17.8. The van der Waals surface area contributed by atoms with Crippen LogP contribution in [-0.4, -0.2) is 37.2 Å². The molecule has 0 aliphatic carbocycles. The van der Waals surface area contributed by atoms with Gasteiger partial charge in [-0.05, 0) is 44.9 Å². The number of hydrogen-bond donors (Lipinski definition) is 0. The highest BCUT2D eigenvalue weighted by Gasteiger charge is 2.19. The molecule has 1 atom stereocenters. The van der Waals surface area contributed by atoms with Gasteiger partial charge in [0.05, 0.1) is 0 Å². The molecule has 6 nitrogen and oxygen atoms in total. The van der Waals surface area contributed by atoms with E-state index in [1.165, 1.54) is 193 Å². The van der Waals surface area contributed by atoms with Crippen molar-refractivity contribution in [3.05, 3.63) is 12.2 Å². The van der Waals surface area contributed by atoms with Crippen molar-refractivity contribution in [3.8, 4) is 0 Å². The van der Waals surface area contributed by atoms with Crippen LogP contribution in [-0.2, 0) is 28.6 Å². The first kappa shape index (κ1) is 57.1. The van der Waals surface area contributed by atoms with Crippen LogP contribution in [0.25, 0.3) is 0 Å². The Morgan fingerprint density at radius 1 is 0.322 bits per heavy atom. The number of carbonyl (C=O) groups excluding carboxylic acids is 3. The first-order chi connectivity index (χ1) is 29.0. The molecule has 0 saturated heterocycles. The van der Waals surface area contributed by atoms with Gasteiger partial charge in [0, 0.05) is 19.3 Å². The molecule has 0 amide bonds. The number of ether oxygens (including phenoxy) is 3. The van der Waals surface area contributed by atoms with E-state index < -0.39 is 6.10 Å². The molecule has 348 valence electrons. The highest BCUT2D eigenvalue weighted by molar-refractivity contribution is 5.71. The minimum absolute atomic E-state index is 0.0667. The molecule has 0 aromatic carbocycles. The van der Waals surface area contributed by atoms with Gasteiger partial charge in [-0.1, -0.05) is 238 Å². The predicted molar refractivity (Wildman–Crippen MR) is 252 cm³/mol. The molecular weight excluding hydrogens is 733 g/mol. The Kier molecular flexibility index (Phi) is 47.3. The lowest BCUT2D eigenvalue weighted by Gasteiger charge is -2.18. The summed E-state index contributed by atoms with van der Waals surface area (Å²) in [5.41, 5.74) is 0. The summed E-state index contributed by atoms with van der Waals surface area (Å²) >= 11 is 0. The summed E-state index contributed by atoms with van der Waals surface area (Å²) in [6.45, 7) is 6.64. The summed E-state index contributed by atoms with van der Waals surface area (Å²) in [5, 5.41) is 0. The molecule has 0 spiro atoms. The van der Waals surface area contributed by atoms with Crippen LogP contribution in [0.2, 0.25) is 0 Å². The average molecular weight is 833 g/mol. The molecule has 59 heavy (non-hydrogen) atoms. The van der Waals surface area contributed by atoms with E-state index in [2.05, 4.69) is 32.9 Å². The standard InChI is InChI=1S/C53H100O6/c1-4-7-10-13-16-19-21-23-25-27-29-30-32-34-37-40-43-46-52(55)58-49-50(48-57-51(54)45-42-39-36-18-15-12-9-6-3)59-53(56)47-44-41-38-35-33-31-28-26-24-22-20-17-14-11-8-5-2/h23,25,50H,4-22,24,26-49H2,1-3H3/b25-23-. The second kappa shape index (κ2) is 48.8. The molecular formula is C53H100O6. The maximum Gasteiger partial charge on any atom is 0.306 e. The molecule has 0 saturated carbocycles. The highest BCUT2D eigenvalue weighted by atomic mass is 16.6. The van der Waals surface area contributed by atoms with Gasteiger partial charge in [0.25, 0.3) is 0 Å². The number of hydrogen-bond acceptors (Lipinski definition) is 6.